The van der Waals surface area contributed by atoms with Crippen molar-refractivity contribution in [1.82, 2.24) is 77.4 Å². The van der Waals surface area contributed by atoms with Gasteiger partial charge in [-0.1, -0.05) is 82.3 Å². The second-order valence-corrected chi connectivity index (χ2v) is 41.4. The van der Waals surface area contributed by atoms with E-state index in [-0.39, 0.29) is 162 Å². The predicted octanol–water partition coefficient (Wildman–Crippen LogP) is 3.86. The minimum absolute atomic E-state index is 0.0000358. The number of H-pyrrole nitrogens is 2. The molecule has 42 heteroatoms. The third-order valence-electron chi connectivity index (χ3n) is 26.3. The lowest BCUT2D eigenvalue weighted by atomic mass is 9.85. The lowest BCUT2D eigenvalue weighted by Crippen LogP contribution is -2.61. The first-order valence-electron chi connectivity index (χ1n) is 48.5. The topological polar surface area (TPSA) is 572 Å². The number of aromatic nitrogens is 2. The van der Waals surface area contributed by atoms with Crippen LogP contribution in [0.15, 0.2) is 116 Å². The molecule has 6 heterocycles. The first kappa shape index (κ1) is 109. The molecular formula is C101H132N20O19S3. The summed E-state index contributed by atoms with van der Waals surface area (Å²) in [5.41, 5.74) is 20.4. The van der Waals surface area contributed by atoms with E-state index in [0.717, 1.165) is 11.8 Å². The number of aliphatic carboxylic acids is 1. The van der Waals surface area contributed by atoms with Crippen LogP contribution in [-0.4, -0.2) is 275 Å². The molecule has 1 aliphatic carbocycles. The molecule has 12 rings (SSSR count). The highest BCUT2D eigenvalue weighted by molar-refractivity contribution is 7.99. The van der Waals surface area contributed by atoms with E-state index in [0.29, 0.717) is 89.8 Å². The van der Waals surface area contributed by atoms with Gasteiger partial charge >= 0.3 is 5.97 Å². The van der Waals surface area contributed by atoms with Crippen LogP contribution in [0.25, 0.3) is 21.8 Å². The lowest BCUT2D eigenvalue weighted by Gasteiger charge is -2.32. The number of anilines is 3. The summed E-state index contributed by atoms with van der Waals surface area (Å²) in [7, 11) is 5.22. The molecule has 14 amide bonds. The van der Waals surface area contributed by atoms with Gasteiger partial charge in [-0.2, -0.15) is 35.3 Å². The highest BCUT2D eigenvalue weighted by atomic mass is 32.2. The van der Waals surface area contributed by atoms with E-state index in [1.807, 2.05) is 54.6 Å². The monoisotopic (exact) mass is 2020 g/mol. The molecule has 4 aliphatic heterocycles. The van der Waals surface area contributed by atoms with Crippen molar-refractivity contribution in [2.75, 3.05) is 84.7 Å². The van der Waals surface area contributed by atoms with Crippen LogP contribution in [0.1, 0.15) is 150 Å². The summed E-state index contributed by atoms with van der Waals surface area (Å²) in [4.78, 5) is 264. The number of para-hydroxylation sites is 2. The van der Waals surface area contributed by atoms with Crippen molar-refractivity contribution in [3.05, 3.63) is 160 Å². The molecule has 1 saturated heterocycles. The number of carbonyl (C=O) groups is 17. The Morgan fingerprint density at radius 2 is 0.951 bits per heavy atom. The Kier molecular flexibility index (Phi) is 39.0. The number of aliphatic hydroxyl groups excluding tert-OH is 1. The van der Waals surface area contributed by atoms with Crippen LogP contribution < -0.4 is 75.3 Å². The molecule has 143 heavy (non-hydrogen) atoms. The molecule has 7 aromatic rings. The van der Waals surface area contributed by atoms with Crippen LogP contribution in [-0.2, 0) is 134 Å². The maximum atomic E-state index is 15.8. The average molecular weight is 2030 g/mol. The van der Waals surface area contributed by atoms with Gasteiger partial charge in [-0.3, -0.25) is 81.5 Å². The molecule has 2 fully saturated rings. The SMILES string of the molecule is CNc1cc2cc(c1)CN1Cc3cc(cc(NC)c3)CN3Cc4cc(cc(NC)c4)CN(C2)C(=O)CCSC[C@H](CC(=O)[C@H](C)N)C(=O)N[C@@H]2C(=O)C[C@@H](CCC[C@H]2O)C(=O)N[C@@H](CSCCC3=O)C(=O)N[C@@H](Cc2c[nH]c3ccccc23)C(=O)N[C@@H](C(C)C)C(=O)N[C@@H](CC(=O)O)C(=O)NCC(=O)N[C@@H](Cc2c[nH]c3ccccc23)C(=O)N[C@@H](C(C)C)C(=O)N2CCC[C@H]2C(=O)N[C@H](C(N)=O)CSCCC1=O. The van der Waals surface area contributed by atoms with Gasteiger partial charge in [0.05, 0.1) is 31.0 Å². The van der Waals surface area contributed by atoms with E-state index in [1.54, 1.807) is 124 Å². The number of carboxylic acid groups (broad SMARTS) is 1. The quantitative estimate of drug-likeness (QED) is 0.0693. The van der Waals surface area contributed by atoms with Gasteiger partial charge in [-0.05, 0) is 144 Å². The fraction of sp³-hybridized carbons (Fsp3) is 0.495. The number of ketones is 2. The summed E-state index contributed by atoms with van der Waals surface area (Å²) in [6, 6.07) is 16.6. The van der Waals surface area contributed by atoms with E-state index in [4.69, 9.17) is 11.5 Å². The zero-order valence-electron chi connectivity index (χ0n) is 81.7. The van der Waals surface area contributed by atoms with E-state index < -0.39 is 192 Å². The molecule has 0 spiro atoms. The van der Waals surface area contributed by atoms with Gasteiger partial charge in [0.2, 0.25) is 82.7 Å². The Hall–Kier alpha value is -13.1. The van der Waals surface area contributed by atoms with Crippen molar-refractivity contribution >= 4 is 174 Å². The third-order valence-corrected chi connectivity index (χ3v) is 29.6. The molecule has 2 aromatic heterocycles. The van der Waals surface area contributed by atoms with Gasteiger partial charge in [0, 0.05) is 204 Å². The number of nitrogens with zero attached hydrogens (tertiary/aromatic N) is 4. The lowest BCUT2D eigenvalue weighted by molar-refractivity contribution is -0.143. The normalized spacial score (nSPS) is 24.1. The van der Waals surface area contributed by atoms with Crippen LogP contribution in [0.2, 0.25) is 0 Å². The predicted molar refractivity (Wildman–Crippen MR) is 545 cm³/mol. The molecule has 0 radical (unpaired) electrons. The molecule has 5 aromatic carbocycles. The number of nitrogens with two attached hydrogens (primary N) is 2. The minimum Gasteiger partial charge on any atom is -0.481 e. The Morgan fingerprint density at radius 1 is 0.483 bits per heavy atom. The van der Waals surface area contributed by atoms with Crippen LogP contribution >= 0.6 is 35.3 Å². The maximum absolute atomic E-state index is 15.8. The first-order valence-corrected chi connectivity index (χ1v) is 51.9. The van der Waals surface area contributed by atoms with Gasteiger partial charge in [0.25, 0.3) is 0 Å². The Morgan fingerprint density at radius 3 is 1.43 bits per heavy atom. The van der Waals surface area contributed by atoms with Gasteiger partial charge in [-0.25, -0.2) is 0 Å². The molecule has 39 nitrogen and oxygen atoms in total. The van der Waals surface area contributed by atoms with Gasteiger partial charge < -0.3 is 115 Å². The van der Waals surface area contributed by atoms with E-state index >= 15 is 38.4 Å². The number of carbonyl (C=O) groups excluding carboxylic acids is 16. The number of hydrogen-bond acceptors (Lipinski definition) is 25. The van der Waals surface area contributed by atoms with Crippen LogP contribution in [0.4, 0.5) is 17.1 Å². The second kappa shape index (κ2) is 51.2. The highest BCUT2D eigenvalue weighted by Gasteiger charge is 2.44. The zero-order chi connectivity index (χ0) is 103. The van der Waals surface area contributed by atoms with Crippen molar-refractivity contribution in [2.45, 2.75) is 224 Å². The molecular weight excluding hydrogens is 1890 g/mol. The average Bonchev–Trinajstić information content (AvgIpc) is 1.53. The molecule has 5 aliphatic rings. The minimum atomic E-state index is -1.94. The summed E-state index contributed by atoms with van der Waals surface area (Å²) >= 11 is 3.46. The summed E-state index contributed by atoms with van der Waals surface area (Å²) < 4.78 is 0. The van der Waals surface area contributed by atoms with Gasteiger partial charge in [0.15, 0.2) is 5.78 Å². The van der Waals surface area contributed by atoms with Crippen molar-refractivity contribution in [2.24, 2.45) is 35.1 Å². The largest absolute Gasteiger partial charge is 0.481 e. The molecule has 0 unspecified atom stereocenters. The first-order chi connectivity index (χ1) is 68.4. The maximum Gasteiger partial charge on any atom is 0.305 e. The molecule has 768 valence electrons. The number of thioether (sulfide) groups is 3. The number of carboxylic acids is 1. The smallest absolute Gasteiger partial charge is 0.305 e. The van der Waals surface area contributed by atoms with E-state index in [2.05, 4.69) is 73.8 Å². The number of nitrogens with one attached hydrogen (secondary N) is 14. The molecule has 1 saturated carbocycles. The fourth-order valence-electron chi connectivity index (χ4n) is 18.5. The fourth-order valence-corrected chi connectivity index (χ4v) is 21.5. The summed E-state index contributed by atoms with van der Waals surface area (Å²) in [5, 5.41) is 57.4. The van der Waals surface area contributed by atoms with Gasteiger partial charge in [0.1, 0.15) is 60.2 Å². The van der Waals surface area contributed by atoms with Crippen molar-refractivity contribution in [1.29, 1.82) is 0 Å². The molecule has 13 atom stereocenters. The number of aliphatic hydroxyl groups is 1. The van der Waals surface area contributed by atoms with Crippen molar-refractivity contribution < 1.29 is 91.7 Å². The Balaban J connectivity index is 0.951. The number of hydrogen-bond donors (Lipinski definition) is 18. The van der Waals surface area contributed by atoms with Crippen molar-refractivity contribution in [3.8, 4) is 0 Å². The number of primary amides is 1. The van der Waals surface area contributed by atoms with Crippen LogP contribution in [0, 0.1) is 23.7 Å². The number of Topliss-reactive ketones (excluding diaryl/α,β-unsaturated/α-hetero) is 2. The van der Waals surface area contributed by atoms with Crippen LogP contribution in [0.3, 0.4) is 0 Å². The standard InChI is InChI=1S/C101H132N20O19S3/c1-55(2)89-100(139)112-77(42-88(129)130)95(134)109-45-84(125)110-75(38-65-43-107-73-18-11-9-16-71(65)73)96(135)116-90(56(3)4)101(140)121-25-14-20-80(121)99(138)113-78(92(103)131)53-142-27-23-86(127)119-48-60-29-58(32-68(34-60)104-6)46-118-47-59-30-62(36-69(33-59)105-7)50-120(51-63-31-61(49-119)35-70(37-63)106-8)87(128)24-28-143-54-79(98(137)111-76(97(136)115-89)39-66-44-108-74-19-12-10-17-72(66)74)114-93(132)64-15-13-21-81(122)91(83(124)40-64)117-94(133)67(41-82(123)57(5)102)52-141-26-22-85(118)126/h9-12,16-19,29-37,43-44,55-57,64,67,75-81,89-91,104-108,122H,13-15,20-28,38-42,45-54,102H2,1-8H3,(H2,103,131)(H,109,134)(H,110,125)(H,111,137)(H,112,139)(H,113,138)(H,114,132)(H,115,136)(H,116,135)(H,117,133)(H,129,130)/t57-,64+,67-,75-,76-,77-,78-,79-,80-,81+,89-,90-,91-/m0/s1. The molecule has 20 N–H and O–H groups in total. The van der Waals surface area contributed by atoms with Crippen LogP contribution in [0.5, 0.6) is 0 Å². The Bertz CT molecular complexity index is 5850. The number of benzene rings is 5. The highest BCUT2D eigenvalue weighted by Crippen LogP contribution is 2.32. The van der Waals surface area contributed by atoms with E-state index in [9.17, 15) is 53.4 Å². The summed E-state index contributed by atoms with van der Waals surface area (Å²) in [5.74, 6) is -17.9. The number of amides is 14. The Labute approximate surface area is 842 Å². The summed E-state index contributed by atoms with van der Waals surface area (Å²) in [6.07, 6.45) is -0.620. The molecule has 12 bridgehead atoms. The summed E-state index contributed by atoms with van der Waals surface area (Å²) in [6.45, 7) is 7.03. The van der Waals surface area contributed by atoms with Gasteiger partial charge in [-0.15, -0.1) is 0 Å². The van der Waals surface area contributed by atoms with Crippen molar-refractivity contribution in [3.63, 3.8) is 0 Å². The zero-order valence-corrected chi connectivity index (χ0v) is 84.2. The number of rotatable bonds is 15. The third kappa shape index (κ3) is 30.1. The van der Waals surface area contributed by atoms with E-state index in [1.165, 1.54) is 35.3 Å². The number of aromatic amines is 2. The number of fused-ring (bicyclic) bond motifs is 15. The second-order valence-electron chi connectivity index (χ2n) is 38.0.